The molecule has 5 rings (SSSR count). The van der Waals surface area contributed by atoms with Crippen LogP contribution in [0, 0.1) is 0 Å². The van der Waals surface area contributed by atoms with Crippen LogP contribution in [0.15, 0.2) is 90.0 Å². The van der Waals surface area contributed by atoms with Gasteiger partial charge in [0.15, 0.2) is 0 Å². The molecule has 0 spiro atoms. The molecule has 2 amide bonds. The number of hydrogen-bond donors (Lipinski definition) is 3. The monoisotopic (exact) mass is 585 g/mol. The molecule has 11 heteroatoms. The lowest BCUT2D eigenvalue weighted by molar-refractivity contribution is 0.0950. The van der Waals surface area contributed by atoms with Gasteiger partial charge in [0.2, 0.25) is 0 Å². The number of fused-ring (bicyclic) bond motifs is 1. The standard InChI is InChI=1S/C31H31N5O5S/c1-35-15-14-22-10-12-26(17-25(22)20-35)34-31(39)23-7-5-6-21(16-23)18-33-30(38)24-11-13-29(32-19-24)36(2)42(40,41)28-9-4-3-8-27(28)37/h3-13,16-17,19,37H,14-15,18,20H2,1-2H3,(H,33,38)(H,34,39). The van der Waals surface area contributed by atoms with Crippen LogP contribution in [-0.2, 0) is 29.5 Å². The van der Waals surface area contributed by atoms with E-state index >= 15 is 0 Å². The van der Waals surface area contributed by atoms with Gasteiger partial charge in [0.25, 0.3) is 21.8 Å². The summed E-state index contributed by atoms with van der Waals surface area (Å²) < 4.78 is 26.7. The molecule has 10 nitrogen and oxygen atoms in total. The van der Waals surface area contributed by atoms with Crippen molar-refractivity contribution in [1.29, 1.82) is 0 Å². The van der Waals surface area contributed by atoms with Crippen LogP contribution in [0.5, 0.6) is 5.75 Å². The number of nitrogens with one attached hydrogen (secondary N) is 2. The third-order valence-corrected chi connectivity index (χ3v) is 8.96. The zero-order chi connectivity index (χ0) is 29.9. The van der Waals surface area contributed by atoms with Crippen LogP contribution in [-0.4, -0.2) is 55.9 Å². The fourth-order valence-electron chi connectivity index (χ4n) is 4.74. The molecule has 1 aliphatic heterocycles. The molecule has 216 valence electrons. The maximum atomic E-state index is 12.9. The summed E-state index contributed by atoms with van der Waals surface area (Å²) in [6.45, 7) is 2.04. The molecule has 0 unspecified atom stereocenters. The molecule has 0 atom stereocenters. The molecule has 4 aromatic rings. The first-order valence-corrected chi connectivity index (χ1v) is 14.8. The van der Waals surface area contributed by atoms with E-state index < -0.39 is 15.9 Å². The third-order valence-electron chi connectivity index (χ3n) is 7.15. The summed E-state index contributed by atoms with van der Waals surface area (Å²) in [5.74, 6) is -0.933. The highest BCUT2D eigenvalue weighted by molar-refractivity contribution is 7.92. The number of anilines is 2. The minimum absolute atomic E-state index is 0.0828. The zero-order valence-electron chi connectivity index (χ0n) is 23.2. The lowest BCUT2D eigenvalue weighted by Crippen LogP contribution is -2.28. The van der Waals surface area contributed by atoms with Crippen molar-refractivity contribution in [3.8, 4) is 5.75 Å². The molecule has 0 bridgehead atoms. The van der Waals surface area contributed by atoms with Crippen LogP contribution >= 0.6 is 0 Å². The number of carbonyl (C=O) groups is 2. The maximum absolute atomic E-state index is 12.9. The van der Waals surface area contributed by atoms with E-state index in [1.54, 1.807) is 18.2 Å². The first-order chi connectivity index (χ1) is 20.1. The van der Waals surface area contributed by atoms with E-state index in [0.29, 0.717) is 5.56 Å². The van der Waals surface area contributed by atoms with E-state index in [4.69, 9.17) is 0 Å². The molecular formula is C31H31N5O5S. The second-order valence-electron chi connectivity index (χ2n) is 10.2. The number of aromatic nitrogens is 1. The number of phenolic OH excluding ortho intramolecular Hbond substituents is 1. The molecule has 0 aliphatic carbocycles. The Balaban J connectivity index is 1.20. The summed E-state index contributed by atoms with van der Waals surface area (Å²) in [6.07, 6.45) is 2.27. The van der Waals surface area contributed by atoms with Gasteiger partial charge in [-0.15, -0.1) is 0 Å². The van der Waals surface area contributed by atoms with Gasteiger partial charge in [-0.3, -0.25) is 13.9 Å². The second-order valence-corrected chi connectivity index (χ2v) is 12.1. The Labute approximate surface area is 244 Å². The molecule has 1 aliphatic rings. The average Bonchev–Trinajstić information content (AvgIpc) is 2.99. The highest BCUT2D eigenvalue weighted by atomic mass is 32.2. The Morgan fingerprint density at radius 3 is 2.52 bits per heavy atom. The van der Waals surface area contributed by atoms with Crippen molar-refractivity contribution < 1.29 is 23.1 Å². The summed E-state index contributed by atoms with van der Waals surface area (Å²) in [4.78, 5) is 31.8. The van der Waals surface area contributed by atoms with Crippen molar-refractivity contribution in [1.82, 2.24) is 15.2 Å². The van der Waals surface area contributed by atoms with Gasteiger partial charge in [0.1, 0.15) is 16.5 Å². The molecule has 0 radical (unpaired) electrons. The number of phenols is 1. The van der Waals surface area contributed by atoms with Crippen LogP contribution in [0.1, 0.15) is 37.4 Å². The molecule has 1 aromatic heterocycles. The largest absolute Gasteiger partial charge is 0.507 e. The molecule has 3 aromatic carbocycles. The summed E-state index contributed by atoms with van der Waals surface area (Å²) in [6, 6.07) is 21.5. The van der Waals surface area contributed by atoms with Crippen LogP contribution in [0.2, 0.25) is 0 Å². The average molecular weight is 586 g/mol. The number of aromatic hydroxyl groups is 1. The van der Waals surface area contributed by atoms with Gasteiger partial charge in [-0.1, -0.05) is 30.3 Å². The van der Waals surface area contributed by atoms with Crippen LogP contribution in [0.4, 0.5) is 11.5 Å². The Morgan fingerprint density at radius 2 is 1.76 bits per heavy atom. The van der Waals surface area contributed by atoms with Gasteiger partial charge in [-0.25, -0.2) is 13.4 Å². The highest BCUT2D eigenvalue weighted by Crippen LogP contribution is 2.27. The molecule has 0 saturated heterocycles. The summed E-state index contributed by atoms with van der Waals surface area (Å²) in [5.41, 5.74) is 4.70. The molecule has 2 heterocycles. The number of amides is 2. The number of pyridine rings is 1. The molecule has 0 fully saturated rings. The minimum Gasteiger partial charge on any atom is -0.507 e. The summed E-state index contributed by atoms with van der Waals surface area (Å²) >= 11 is 0. The fourth-order valence-corrected chi connectivity index (χ4v) is 5.97. The SMILES string of the molecule is CN1CCc2ccc(NC(=O)c3cccc(CNC(=O)c4ccc(N(C)S(=O)(=O)c5ccccc5O)nc4)c3)cc2C1. The van der Waals surface area contributed by atoms with Crippen molar-refractivity contribution in [3.05, 3.63) is 113 Å². The number of benzene rings is 3. The lowest BCUT2D eigenvalue weighted by Gasteiger charge is -2.25. The van der Waals surface area contributed by atoms with Crippen LogP contribution in [0.3, 0.4) is 0 Å². The normalized spacial score (nSPS) is 13.2. The van der Waals surface area contributed by atoms with E-state index in [1.807, 2.05) is 18.2 Å². The molecule has 0 saturated carbocycles. The molecular weight excluding hydrogens is 554 g/mol. The topological polar surface area (TPSA) is 132 Å². The Morgan fingerprint density at radius 1 is 0.952 bits per heavy atom. The predicted molar refractivity (Wildman–Crippen MR) is 160 cm³/mol. The maximum Gasteiger partial charge on any atom is 0.268 e. The van der Waals surface area contributed by atoms with E-state index in [2.05, 4.69) is 33.6 Å². The number of hydrogen-bond acceptors (Lipinski definition) is 7. The number of likely N-dealkylation sites (N-methyl/N-ethyl adjacent to an activating group) is 1. The van der Waals surface area contributed by atoms with Gasteiger partial charge in [0, 0.05) is 44.1 Å². The van der Waals surface area contributed by atoms with Crippen molar-refractivity contribution in [3.63, 3.8) is 0 Å². The van der Waals surface area contributed by atoms with E-state index in [9.17, 15) is 23.1 Å². The Hall–Kier alpha value is -4.74. The van der Waals surface area contributed by atoms with Crippen LogP contribution in [0.25, 0.3) is 0 Å². The first-order valence-electron chi connectivity index (χ1n) is 13.3. The minimum atomic E-state index is -4.05. The highest BCUT2D eigenvalue weighted by Gasteiger charge is 2.25. The summed E-state index contributed by atoms with van der Waals surface area (Å²) in [5, 5.41) is 15.7. The second kappa shape index (κ2) is 12.0. The smallest absolute Gasteiger partial charge is 0.268 e. The Kier molecular flexibility index (Phi) is 8.23. The van der Waals surface area contributed by atoms with Crippen LogP contribution < -0.4 is 14.9 Å². The molecule has 3 N–H and O–H groups in total. The van der Waals surface area contributed by atoms with Crippen molar-refractivity contribution >= 4 is 33.3 Å². The molecule has 42 heavy (non-hydrogen) atoms. The number of sulfonamides is 1. The zero-order valence-corrected chi connectivity index (χ0v) is 24.1. The van der Waals surface area contributed by atoms with Gasteiger partial charge in [-0.2, -0.15) is 0 Å². The predicted octanol–water partition coefficient (Wildman–Crippen LogP) is 3.78. The number of rotatable bonds is 8. The van der Waals surface area contributed by atoms with Crippen molar-refractivity contribution in [2.75, 3.05) is 30.3 Å². The van der Waals surface area contributed by atoms with Crippen molar-refractivity contribution in [2.24, 2.45) is 0 Å². The fraction of sp³-hybridized carbons (Fsp3) is 0.194. The van der Waals surface area contributed by atoms with Gasteiger partial charge < -0.3 is 20.6 Å². The van der Waals surface area contributed by atoms with E-state index in [1.165, 1.54) is 60.8 Å². The van der Waals surface area contributed by atoms with E-state index in [-0.39, 0.29) is 34.5 Å². The lowest BCUT2D eigenvalue weighted by atomic mass is 9.99. The third kappa shape index (κ3) is 6.27. The Bertz CT molecular complexity index is 1740. The van der Waals surface area contributed by atoms with E-state index in [0.717, 1.165) is 35.1 Å². The first kappa shape index (κ1) is 28.8. The number of nitrogens with zero attached hydrogens (tertiary/aromatic N) is 3. The quantitative estimate of drug-likeness (QED) is 0.287. The number of para-hydroxylation sites is 1. The van der Waals surface area contributed by atoms with Crippen molar-refractivity contribution in [2.45, 2.75) is 24.4 Å². The van der Waals surface area contributed by atoms with Gasteiger partial charge >= 0.3 is 0 Å². The summed E-state index contributed by atoms with van der Waals surface area (Å²) in [7, 11) is -0.659. The number of carbonyl (C=O) groups excluding carboxylic acids is 2. The van der Waals surface area contributed by atoms with Gasteiger partial charge in [0.05, 0.1) is 5.56 Å². The van der Waals surface area contributed by atoms with Gasteiger partial charge in [-0.05, 0) is 78.7 Å².